The second-order valence-corrected chi connectivity index (χ2v) is 4.82. The predicted molar refractivity (Wildman–Crippen MR) is 76.3 cm³/mol. The summed E-state index contributed by atoms with van der Waals surface area (Å²) >= 11 is 0. The number of ether oxygens (including phenoxy) is 2. The van der Waals surface area contributed by atoms with E-state index in [2.05, 4.69) is 10.6 Å². The predicted octanol–water partition coefficient (Wildman–Crippen LogP) is 0.698. The minimum absolute atomic E-state index is 0.0383. The van der Waals surface area contributed by atoms with Crippen molar-refractivity contribution in [2.75, 3.05) is 32.9 Å². The van der Waals surface area contributed by atoms with Crippen LogP contribution in [0.3, 0.4) is 0 Å². The lowest BCUT2D eigenvalue weighted by Crippen LogP contribution is -2.44. The van der Waals surface area contributed by atoms with Gasteiger partial charge in [0.15, 0.2) is 0 Å². The zero-order valence-electron chi connectivity index (χ0n) is 11.6. The molecule has 0 radical (unpaired) electrons. The molecular formula is C15H22N2O3. The summed E-state index contributed by atoms with van der Waals surface area (Å²) in [6.07, 6.45) is 0.457. The Kier molecular flexibility index (Phi) is 6.50. The topological polar surface area (TPSA) is 59.6 Å². The molecule has 1 aromatic carbocycles. The molecule has 0 aliphatic carbocycles. The van der Waals surface area contributed by atoms with E-state index in [0.717, 1.165) is 18.7 Å². The molecule has 1 aliphatic heterocycles. The van der Waals surface area contributed by atoms with Gasteiger partial charge in [-0.3, -0.25) is 4.79 Å². The molecule has 0 spiro atoms. The van der Waals surface area contributed by atoms with Crippen molar-refractivity contribution in [2.24, 2.45) is 0 Å². The van der Waals surface area contributed by atoms with Crippen LogP contribution in [-0.4, -0.2) is 44.9 Å². The maximum atomic E-state index is 11.7. The van der Waals surface area contributed by atoms with E-state index >= 15 is 0 Å². The van der Waals surface area contributed by atoms with E-state index in [1.54, 1.807) is 0 Å². The molecule has 1 amide bonds. The highest BCUT2D eigenvalue weighted by atomic mass is 16.5. The van der Waals surface area contributed by atoms with Gasteiger partial charge < -0.3 is 20.1 Å². The lowest BCUT2D eigenvalue weighted by Gasteiger charge is -2.23. The Morgan fingerprint density at radius 3 is 3.00 bits per heavy atom. The normalized spacial score (nSPS) is 18.7. The first kappa shape index (κ1) is 15.0. The highest BCUT2D eigenvalue weighted by molar-refractivity contribution is 5.76. The first-order valence-corrected chi connectivity index (χ1v) is 7.04. The molecule has 5 heteroatoms. The van der Waals surface area contributed by atoms with Crippen LogP contribution in [0.25, 0.3) is 0 Å². The number of benzene rings is 1. The third-order valence-corrected chi connectivity index (χ3v) is 3.11. The maximum absolute atomic E-state index is 11.7. The Morgan fingerprint density at radius 2 is 2.25 bits per heavy atom. The van der Waals surface area contributed by atoms with E-state index in [0.29, 0.717) is 32.8 Å². The molecule has 20 heavy (non-hydrogen) atoms. The fourth-order valence-corrected chi connectivity index (χ4v) is 2.07. The number of carbonyl (C=O) groups is 1. The smallest absolute Gasteiger partial charge is 0.221 e. The minimum atomic E-state index is 0.0383. The zero-order valence-corrected chi connectivity index (χ0v) is 11.6. The monoisotopic (exact) mass is 278 g/mol. The summed E-state index contributed by atoms with van der Waals surface area (Å²) in [7, 11) is 0. The van der Waals surface area contributed by atoms with Crippen molar-refractivity contribution in [1.82, 2.24) is 10.6 Å². The van der Waals surface area contributed by atoms with E-state index < -0.39 is 0 Å². The SMILES string of the molecule is O=C(CC1COCCN1)NCCOCc1ccccc1. The van der Waals surface area contributed by atoms with Gasteiger partial charge in [0.1, 0.15) is 0 Å². The molecule has 1 fully saturated rings. The summed E-state index contributed by atoms with van der Waals surface area (Å²) in [6.45, 7) is 3.80. The average molecular weight is 278 g/mol. The van der Waals surface area contributed by atoms with Gasteiger partial charge >= 0.3 is 0 Å². The van der Waals surface area contributed by atoms with Gasteiger partial charge in [-0.25, -0.2) is 0 Å². The van der Waals surface area contributed by atoms with Gasteiger partial charge in [0.25, 0.3) is 0 Å². The third-order valence-electron chi connectivity index (χ3n) is 3.11. The molecule has 5 nitrogen and oxygen atoms in total. The summed E-state index contributed by atoms with van der Waals surface area (Å²) in [4.78, 5) is 11.7. The van der Waals surface area contributed by atoms with Crippen LogP contribution in [0.4, 0.5) is 0 Å². The summed E-state index contributed by atoms with van der Waals surface area (Å²) in [6, 6.07) is 10.1. The Labute approximate surface area is 119 Å². The van der Waals surface area contributed by atoms with Crippen LogP contribution >= 0.6 is 0 Å². The molecule has 1 atom stereocenters. The van der Waals surface area contributed by atoms with Crippen molar-refractivity contribution in [2.45, 2.75) is 19.1 Å². The van der Waals surface area contributed by atoms with E-state index in [1.807, 2.05) is 30.3 Å². The van der Waals surface area contributed by atoms with Crippen LogP contribution in [0.2, 0.25) is 0 Å². The lowest BCUT2D eigenvalue weighted by molar-refractivity contribution is -0.122. The number of hydrogen-bond acceptors (Lipinski definition) is 4. The summed E-state index contributed by atoms with van der Waals surface area (Å²) in [5.41, 5.74) is 1.14. The molecule has 1 unspecified atom stereocenters. The van der Waals surface area contributed by atoms with Crippen LogP contribution in [0.15, 0.2) is 30.3 Å². The molecule has 1 saturated heterocycles. The average Bonchev–Trinajstić information content (AvgIpc) is 2.49. The van der Waals surface area contributed by atoms with Gasteiger partial charge in [-0.15, -0.1) is 0 Å². The molecular weight excluding hydrogens is 256 g/mol. The fourth-order valence-electron chi connectivity index (χ4n) is 2.07. The van der Waals surface area contributed by atoms with Gasteiger partial charge in [-0.1, -0.05) is 30.3 Å². The van der Waals surface area contributed by atoms with Gasteiger partial charge in [-0.05, 0) is 5.56 Å². The zero-order chi connectivity index (χ0) is 14.0. The van der Waals surface area contributed by atoms with Crippen molar-refractivity contribution in [3.63, 3.8) is 0 Å². The molecule has 0 aromatic heterocycles. The molecule has 1 aliphatic rings. The molecule has 2 rings (SSSR count). The van der Waals surface area contributed by atoms with Crippen LogP contribution in [0, 0.1) is 0 Å². The number of hydrogen-bond donors (Lipinski definition) is 2. The standard InChI is InChI=1S/C15H22N2O3/c18-15(10-14-12-20-8-6-16-14)17-7-9-19-11-13-4-2-1-3-5-13/h1-5,14,16H,6-12H2,(H,17,18). The maximum Gasteiger partial charge on any atom is 0.221 e. The largest absolute Gasteiger partial charge is 0.378 e. The number of amides is 1. The van der Waals surface area contributed by atoms with Gasteiger partial charge in [-0.2, -0.15) is 0 Å². The van der Waals surface area contributed by atoms with Crippen LogP contribution in [0.5, 0.6) is 0 Å². The second-order valence-electron chi connectivity index (χ2n) is 4.82. The number of carbonyl (C=O) groups excluding carboxylic acids is 1. The van der Waals surface area contributed by atoms with Crippen LogP contribution in [-0.2, 0) is 20.9 Å². The van der Waals surface area contributed by atoms with E-state index in [1.165, 1.54) is 0 Å². The Morgan fingerprint density at radius 1 is 1.40 bits per heavy atom. The van der Waals surface area contributed by atoms with Crippen molar-refractivity contribution < 1.29 is 14.3 Å². The Balaban J connectivity index is 1.51. The summed E-state index contributed by atoms with van der Waals surface area (Å²) in [5, 5.41) is 6.11. The molecule has 1 heterocycles. The summed E-state index contributed by atoms with van der Waals surface area (Å²) in [5.74, 6) is 0.0383. The number of nitrogens with one attached hydrogen (secondary N) is 2. The van der Waals surface area contributed by atoms with Crippen molar-refractivity contribution in [3.05, 3.63) is 35.9 Å². The van der Waals surface area contributed by atoms with E-state index in [9.17, 15) is 4.79 Å². The Bertz CT molecular complexity index is 391. The van der Waals surface area contributed by atoms with E-state index in [4.69, 9.17) is 9.47 Å². The highest BCUT2D eigenvalue weighted by Crippen LogP contribution is 2.00. The van der Waals surface area contributed by atoms with Crippen molar-refractivity contribution in [3.8, 4) is 0 Å². The fraction of sp³-hybridized carbons (Fsp3) is 0.533. The number of morpholine rings is 1. The van der Waals surface area contributed by atoms with Gasteiger partial charge in [0, 0.05) is 25.6 Å². The molecule has 2 N–H and O–H groups in total. The first-order chi connectivity index (χ1) is 9.84. The van der Waals surface area contributed by atoms with E-state index in [-0.39, 0.29) is 11.9 Å². The van der Waals surface area contributed by atoms with Crippen molar-refractivity contribution in [1.29, 1.82) is 0 Å². The molecule has 110 valence electrons. The molecule has 0 saturated carbocycles. The third kappa shape index (κ3) is 5.69. The molecule has 0 bridgehead atoms. The van der Waals surface area contributed by atoms with Crippen molar-refractivity contribution >= 4 is 5.91 Å². The van der Waals surface area contributed by atoms with Gasteiger partial charge in [0.05, 0.1) is 26.4 Å². The minimum Gasteiger partial charge on any atom is -0.378 e. The molecule has 1 aromatic rings. The first-order valence-electron chi connectivity index (χ1n) is 7.04. The Hall–Kier alpha value is -1.43. The van der Waals surface area contributed by atoms with Crippen LogP contribution < -0.4 is 10.6 Å². The van der Waals surface area contributed by atoms with Crippen LogP contribution in [0.1, 0.15) is 12.0 Å². The second kappa shape index (κ2) is 8.68. The lowest BCUT2D eigenvalue weighted by atomic mass is 10.2. The highest BCUT2D eigenvalue weighted by Gasteiger charge is 2.16. The quantitative estimate of drug-likeness (QED) is 0.721. The summed E-state index contributed by atoms with van der Waals surface area (Å²) < 4.78 is 10.8. The number of rotatable bonds is 7. The van der Waals surface area contributed by atoms with Gasteiger partial charge in [0.2, 0.25) is 5.91 Å².